The van der Waals surface area contributed by atoms with Gasteiger partial charge >= 0.3 is 0 Å². The number of benzene rings is 3. The Morgan fingerprint density at radius 1 is 0.781 bits per heavy atom. The summed E-state index contributed by atoms with van der Waals surface area (Å²) in [5, 5.41) is 11.1. The van der Waals surface area contributed by atoms with Crippen molar-refractivity contribution in [3.05, 3.63) is 98.1 Å². The number of rotatable bonds is 4. The average Bonchev–Trinajstić information content (AvgIpc) is 3.30. The zero-order chi connectivity index (χ0) is 22.2. The summed E-state index contributed by atoms with van der Waals surface area (Å²) < 4.78 is 6.39. The van der Waals surface area contributed by atoms with Gasteiger partial charge in [-0.1, -0.05) is 46.9 Å². The molecule has 0 atom stereocenters. The Kier molecular flexibility index (Phi) is 5.20. The maximum absolute atomic E-state index is 11.1. The van der Waals surface area contributed by atoms with E-state index in [2.05, 4.69) is 33.4 Å². The molecule has 160 valence electrons. The molecule has 3 aromatic carbocycles. The van der Waals surface area contributed by atoms with E-state index in [9.17, 15) is 10.1 Å². The molecule has 0 spiro atoms. The van der Waals surface area contributed by atoms with Gasteiger partial charge in [-0.25, -0.2) is 9.98 Å². The first kappa shape index (κ1) is 20.3. The standard InChI is InChI=1S/C23H19N5O2S2/c1-26-17-7-3-5-9-19(17)31-22(26)24-21(15-11-13-16(14-12-15)28(29)30)25-23-27(2)18-8-4-6-10-20(18)32-23/h3-14,21H,1-2H3/b24-22-,25-23-. The molecule has 0 saturated carbocycles. The van der Waals surface area contributed by atoms with Crippen LogP contribution in [0.4, 0.5) is 5.69 Å². The molecule has 0 aliphatic heterocycles. The van der Waals surface area contributed by atoms with Crippen LogP contribution < -0.4 is 9.60 Å². The van der Waals surface area contributed by atoms with Crippen molar-refractivity contribution < 1.29 is 4.92 Å². The lowest BCUT2D eigenvalue weighted by Gasteiger charge is -2.08. The molecule has 0 bridgehead atoms. The zero-order valence-electron chi connectivity index (χ0n) is 17.4. The van der Waals surface area contributed by atoms with Crippen LogP contribution >= 0.6 is 22.7 Å². The lowest BCUT2D eigenvalue weighted by Crippen LogP contribution is -2.16. The molecule has 0 aliphatic carbocycles. The average molecular weight is 462 g/mol. The van der Waals surface area contributed by atoms with Crippen molar-refractivity contribution in [2.75, 3.05) is 0 Å². The molecule has 5 rings (SSSR count). The highest BCUT2D eigenvalue weighted by atomic mass is 32.1. The Morgan fingerprint density at radius 2 is 1.25 bits per heavy atom. The molecule has 0 radical (unpaired) electrons. The number of nitro groups is 1. The molecule has 7 nitrogen and oxygen atoms in total. The van der Waals surface area contributed by atoms with E-state index < -0.39 is 11.1 Å². The van der Waals surface area contributed by atoms with E-state index in [1.165, 1.54) is 12.1 Å². The fourth-order valence-corrected chi connectivity index (χ4v) is 5.64. The third kappa shape index (κ3) is 3.65. The Balaban J connectivity index is 1.72. The maximum atomic E-state index is 11.1. The number of para-hydroxylation sites is 2. The Labute approximate surface area is 191 Å². The first-order chi connectivity index (χ1) is 15.5. The molecule has 2 aromatic heterocycles. The van der Waals surface area contributed by atoms with Gasteiger partial charge in [0.25, 0.3) is 5.69 Å². The van der Waals surface area contributed by atoms with Crippen LogP contribution in [-0.2, 0) is 14.1 Å². The van der Waals surface area contributed by atoms with Crippen molar-refractivity contribution in [1.82, 2.24) is 9.13 Å². The van der Waals surface area contributed by atoms with Gasteiger partial charge < -0.3 is 9.13 Å². The monoisotopic (exact) mass is 461 g/mol. The van der Waals surface area contributed by atoms with E-state index in [1.807, 2.05) is 38.4 Å². The predicted molar refractivity (Wildman–Crippen MR) is 129 cm³/mol. The fraction of sp³-hybridized carbons (Fsp3) is 0.130. The summed E-state index contributed by atoms with van der Waals surface area (Å²) in [5.74, 6) is 0. The molecule has 0 aliphatic rings. The molecular weight excluding hydrogens is 442 g/mol. The number of non-ortho nitro benzene ring substituents is 1. The highest BCUT2D eigenvalue weighted by Crippen LogP contribution is 2.24. The van der Waals surface area contributed by atoms with Gasteiger partial charge in [0.15, 0.2) is 15.8 Å². The van der Waals surface area contributed by atoms with E-state index >= 15 is 0 Å². The first-order valence-electron chi connectivity index (χ1n) is 9.92. The minimum absolute atomic E-state index is 0.0485. The normalized spacial score (nSPS) is 13.8. The summed E-state index contributed by atoms with van der Waals surface area (Å²) in [4.78, 5) is 22.4. The number of aryl methyl sites for hydroxylation is 2. The lowest BCUT2D eigenvalue weighted by atomic mass is 10.1. The molecule has 0 fully saturated rings. The minimum atomic E-state index is -0.533. The van der Waals surface area contributed by atoms with Crippen molar-refractivity contribution >= 4 is 48.8 Å². The number of hydrogen-bond donors (Lipinski definition) is 0. The molecule has 2 heterocycles. The van der Waals surface area contributed by atoms with E-state index in [0.717, 1.165) is 35.6 Å². The Morgan fingerprint density at radius 3 is 1.69 bits per heavy atom. The Bertz CT molecular complexity index is 1500. The van der Waals surface area contributed by atoms with Crippen molar-refractivity contribution in [1.29, 1.82) is 0 Å². The lowest BCUT2D eigenvalue weighted by molar-refractivity contribution is -0.384. The van der Waals surface area contributed by atoms with Gasteiger partial charge in [-0.2, -0.15) is 0 Å². The van der Waals surface area contributed by atoms with Gasteiger partial charge in [0.05, 0.1) is 25.4 Å². The third-order valence-electron chi connectivity index (χ3n) is 5.30. The topological polar surface area (TPSA) is 77.7 Å². The number of nitrogens with zero attached hydrogens (tertiary/aromatic N) is 5. The molecule has 0 N–H and O–H groups in total. The molecule has 0 unspecified atom stereocenters. The quantitative estimate of drug-likeness (QED) is 0.282. The first-order valence-corrected chi connectivity index (χ1v) is 11.6. The fourth-order valence-electron chi connectivity index (χ4n) is 3.56. The number of nitro benzene ring substituents is 1. The molecule has 0 saturated heterocycles. The van der Waals surface area contributed by atoms with Crippen LogP contribution in [0.3, 0.4) is 0 Å². The highest BCUT2D eigenvalue weighted by Gasteiger charge is 2.14. The Hall–Kier alpha value is -3.56. The summed E-state index contributed by atoms with van der Waals surface area (Å²) in [6.07, 6.45) is -0.533. The summed E-state index contributed by atoms with van der Waals surface area (Å²) in [7, 11) is 3.98. The van der Waals surface area contributed by atoms with Gasteiger partial charge in [0, 0.05) is 26.2 Å². The number of fused-ring (bicyclic) bond motifs is 2. The van der Waals surface area contributed by atoms with E-state index in [-0.39, 0.29) is 5.69 Å². The van der Waals surface area contributed by atoms with Gasteiger partial charge in [-0.15, -0.1) is 0 Å². The van der Waals surface area contributed by atoms with Crippen LogP contribution in [0.2, 0.25) is 0 Å². The van der Waals surface area contributed by atoms with Crippen LogP contribution in [0.1, 0.15) is 11.7 Å². The molecule has 0 amide bonds. The van der Waals surface area contributed by atoms with Crippen molar-refractivity contribution in [2.45, 2.75) is 6.17 Å². The molecule has 9 heteroatoms. The van der Waals surface area contributed by atoms with Crippen LogP contribution in [0, 0.1) is 10.1 Å². The number of hydrogen-bond acceptors (Lipinski definition) is 6. The van der Waals surface area contributed by atoms with Gasteiger partial charge in [0.2, 0.25) is 0 Å². The second kappa shape index (κ2) is 8.18. The van der Waals surface area contributed by atoms with Crippen molar-refractivity contribution in [2.24, 2.45) is 24.1 Å². The van der Waals surface area contributed by atoms with E-state index in [1.54, 1.807) is 34.8 Å². The second-order valence-corrected chi connectivity index (χ2v) is 9.32. The van der Waals surface area contributed by atoms with Crippen molar-refractivity contribution in [3.63, 3.8) is 0 Å². The van der Waals surface area contributed by atoms with Crippen LogP contribution in [0.5, 0.6) is 0 Å². The zero-order valence-corrected chi connectivity index (χ0v) is 19.0. The van der Waals surface area contributed by atoms with Gasteiger partial charge in [-0.05, 0) is 42.0 Å². The smallest absolute Gasteiger partial charge is 0.269 e. The van der Waals surface area contributed by atoms with E-state index in [0.29, 0.717) is 0 Å². The van der Waals surface area contributed by atoms with Gasteiger partial charge in [0.1, 0.15) is 0 Å². The maximum Gasteiger partial charge on any atom is 0.269 e. The second-order valence-electron chi connectivity index (χ2n) is 7.30. The van der Waals surface area contributed by atoms with Gasteiger partial charge in [-0.3, -0.25) is 10.1 Å². The highest BCUT2D eigenvalue weighted by molar-refractivity contribution is 7.16. The summed E-state index contributed by atoms with van der Waals surface area (Å²) >= 11 is 3.20. The van der Waals surface area contributed by atoms with Crippen molar-refractivity contribution in [3.8, 4) is 0 Å². The minimum Gasteiger partial charge on any atom is -0.320 e. The molecule has 32 heavy (non-hydrogen) atoms. The number of thiazole rings is 2. The van der Waals surface area contributed by atoms with Crippen LogP contribution in [0.15, 0.2) is 82.8 Å². The van der Waals surface area contributed by atoms with E-state index in [4.69, 9.17) is 9.98 Å². The molecular formula is C23H19N5O2S2. The summed E-state index contributed by atoms with van der Waals surface area (Å²) in [5.41, 5.74) is 3.05. The third-order valence-corrected chi connectivity index (χ3v) is 7.55. The van der Waals surface area contributed by atoms with Crippen LogP contribution in [-0.4, -0.2) is 14.1 Å². The van der Waals surface area contributed by atoms with Crippen LogP contribution in [0.25, 0.3) is 20.4 Å². The largest absolute Gasteiger partial charge is 0.320 e. The molecule has 5 aromatic rings. The summed E-state index contributed by atoms with van der Waals surface area (Å²) in [6.45, 7) is 0. The SMILES string of the molecule is Cn1/c(=N/C(/N=c2\sc3ccccc3n2C)c2ccc([N+](=O)[O-])cc2)sc2ccccc21. The predicted octanol–water partition coefficient (Wildman–Crippen LogP) is 4.90. The number of aromatic nitrogens is 2. The summed E-state index contributed by atoms with van der Waals surface area (Å²) in [6, 6.07) is 22.8.